The van der Waals surface area contributed by atoms with Crippen LogP contribution in [0.3, 0.4) is 0 Å². The Hall–Kier alpha value is -0.580. The molecule has 0 spiro atoms. The van der Waals surface area contributed by atoms with Crippen molar-refractivity contribution in [1.82, 2.24) is 9.78 Å². The first-order valence-electron chi connectivity index (χ1n) is 5.69. The van der Waals surface area contributed by atoms with Crippen LogP contribution in [0, 0.1) is 0 Å². The number of halogens is 2. The number of ether oxygens (including phenoxy) is 1. The maximum Gasteiger partial charge on any atom is 0.150 e. The van der Waals surface area contributed by atoms with E-state index in [0.717, 1.165) is 34.8 Å². The van der Waals surface area contributed by atoms with Gasteiger partial charge in [-0.3, -0.25) is 0 Å². The molecule has 1 aliphatic rings. The van der Waals surface area contributed by atoms with E-state index in [0.29, 0.717) is 5.02 Å². The highest BCUT2D eigenvalue weighted by molar-refractivity contribution is 9.10. The van der Waals surface area contributed by atoms with Gasteiger partial charge in [0, 0.05) is 21.5 Å². The van der Waals surface area contributed by atoms with E-state index >= 15 is 0 Å². The summed E-state index contributed by atoms with van der Waals surface area (Å²) in [6.07, 6.45) is 5.24. The fraction of sp³-hybridized carbons (Fsp3) is 0.417. The van der Waals surface area contributed by atoms with Crippen LogP contribution in [0.1, 0.15) is 25.5 Å². The van der Waals surface area contributed by atoms with Crippen LogP contribution in [0.2, 0.25) is 5.02 Å². The third kappa shape index (κ3) is 2.09. The van der Waals surface area contributed by atoms with E-state index < -0.39 is 0 Å². The van der Waals surface area contributed by atoms with Gasteiger partial charge in [0.15, 0.2) is 6.23 Å². The molecule has 0 bridgehead atoms. The normalized spacial score (nSPS) is 20.9. The molecule has 0 aliphatic carbocycles. The molecule has 2 heterocycles. The highest BCUT2D eigenvalue weighted by atomic mass is 79.9. The molecule has 0 amide bonds. The molecule has 0 saturated carbocycles. The predicted molar refractivity (Wildman–Crippen MR) is 71.3 cm³/mol. The Morgan fingerprint density at radius 2 is 2.29 bits per heavy atom. The van der Waals surface area contributed by atoms with Crippen LogP contribution >= 0.6 is 27.5 Å². The number of benzene rings is 1. The molecule has 1 aromatic heterocycles. The van der Waals surface area contributed by atoms with Crippen LogP contribution in [-0.2, 0) is 4.74 Å². The van der Waals surface area contributed by atoms with E-state index in [1.54, 1.807) is 0 Å². The molecule has 17 heavy (non-hydrogen) atoms. The van der Waals surface area contributed by atoms with Crippen molar-refractivity contribution >= 4 is 38.4 Å². The Bertz CT molecular complexity index is 549. The van der Waals surface area contributed by atoms with Crippen LogP contribution in [0.5, 0.6) is 0 Å². The Morgan fingerprint density at radius 3 is 3.06 bits per heavy atom. The van der Waals surface area contributed by atoms with Gasteiger partial charge in [-0.2, -0.15) is 5.10 Å². The van der Waals surface area contributed by atoms with E-state index in [9.17, 15) is 0 Å². The standard InChI is InChI=1S/C12H12BrClN2O/c13-10-5-8(14)6-11-9(10)7-15-16(11)12-3-1-2-4-17-12/h5-7,12H,1-4H2. The number of hydrogen-bond acceptors (Lipinski definition) is 2. The molecule has 1 aromatic carbocycles. The molecule has 1 fully saturated rings. The zero-order valence-corrected chi connectivity index (χ0v) is 11.5. The van der Waals surface area contributed by atoms with E-state index in [4.69, 9.17) is 16.3 Å². The van der Waals surface area contributed by atoms with E-state index in [-0.39, 0.29) is 6.23 Å². The third-order valence-corrected chi connectivity index (χ3v) is 3.93. The molecule has 0 N–H and O–H groups in total. The van der Waals surface area contributed by atoms with Crippen LogP contribution < -0.4 is 0 Å². The van der Waals surface area contributed by atoms with Crippen molar-refractivity contribution in [2.75, 3.05) is 6.61 Å². The van der Waals surface area contributed by atoms with Crippen molar-refractivity contribution in [3.05, 3.63) is 27.8 Å². The fourth-order valence-electron chi connectivity index (χ4n) is 2.22. The van der Waals surface area contributed by atoms with Gasteiger partial charge in [0.1, 0.15) is 0 Å². The smallest absolute Gasteiger partial charge is 0.150 e. The molecule has 1 saturated heterocycles. The second-order valence-electron chi connectivity index (χ2n) is 4.23. The first-order chi connectivity index (χ1) is 8.25. The van der Waals surface area contributed by atoms with Gasteiger partial charge >= 0.3 is 0 Å². The average Bonchev–Trinajstić information content (AvgIpc) is 2.74. The van der Waals surface area contributed by atoms with Crippen LogP contribution in [0.4, 0.5) is 0 Å². The molecular weight excluding hydrogens is 304 g/mol. The van der Waals surface area contributed by atoms with Crippen LogP contribution in [0.25, 0.3) is 10.9 Å². The monoisotopic (exact) mass is 314 g/mol. The molecule has 1 atom stereocenters. The van der Waals surface area contributed by atoms with Crippen molar-refractivity contribution in [3.8, 4) is 0 Å². The van der Waals surface area contributed by atoms with Gasteiger partial charge in [0.2, 0.25) is 0 Å². The summed E-state index contributed by atoms with van der Waals surface area (Å²) in [5, 5.41) is 6.21. The summed E-state index contributed by atoms with van der Waals surface area (Å²) < 4.78 is 8.66. The minimum atomic E-state index is 0.0478. The van der Waals surface area contributed by atoms with E-state index in [1.165, 1.54) is 6.42 Å². The lowest BCUT2D eigenvalue weighted by Gasteiger charge is -2.23. The number of nitrogens with zero attached hydrogens (tertiary/aromatic N) is 2. The van der Waals surface area contributed by atoms with Gasteiger partial charge < -0.3 is 4.74 Å². The maximum atomic E-state index is 6.08. The second-order valence-corrected chi connectivity index (χ2v) is 5.52. The minimum absolute atomic E-state index is 0.0478. The SMILES string of the molecule is Clc1cc(Br)c2cnn(C3CCCCO3)c2c1. The highest BCUT2D eigenvalue weighted by Gasteiger charge is 2.19. The van der Waals surface area contributed by atoms with Crippen molar-refractivity contribution in [3.63, 3.8) is 0 Å². The molecule has 90 valence electrons. The van der Waals surface area contributed by atoms with Crippen molar-refractivity contribution in [2.24, 2.45) is 0 Å². The summed E-state index contributed by atoms with van der Waals surface area (Å²) in [5.41, 5.74) is 1.02. The van der Waals surface area contributed by atoms with Crippen LogP contribution in [-0.4, -0.2) is 16.4 Å². The molecule has 2 aromatic rings. The van der Waals surface area contributed by atoms with Gasteiger partial charge in [-0.25, -0.2) is 4.68 Å². The van der Waals surface area contributed by atoms with Crippen molar-refractivity contribution < 1.29 is 4.74 Å². The number of rotatable bonds is 1. The fourth-order valence-corrected chi connectivity index (χ4v) is 3.11. The predicted octanol–water partition coefficient (Wildman–Crippen LogP) is 4.15. The second kappa shape index (κ2) is 4.59. The van der Waals surface area contributed by atoms with Crippen molar-refractivity contribution in [2.45, 2.75) is 25.5 Å². The van der Waals surface area contributed by atoms with Crippen molar-refractivity contribution in [1.29, 1.82) is 0 Å². The van der Waals surface area contributed by atoms with E-state index in [2.05, 4.69) is 21.0 Å². The molecule has 0 radical (unpaired) electrons. The van der Waals surface area contributed by atoms with Gasteiger partial charge in [-0.1, -0.05) is 11.6 Å². The Labute approximate surface area is 113 Å². The lowest BCUT2D eigenvalue weighted by Crippen LogP contribution is -2.18. The number of fused-ring (bicyclic) bond motifs is 1. The van der Waals surface area contributed by atoms with Gasteiger partial charge in [-0.05, 0) is 47.3 Å². The Kier molecular flexibility index (Phi) is 3.11. The largest absolute Gasteiger partial charge is 0.356 e. The topological polar surface area (TPSA) is 27.1 Å². The van der Waals surface area contributed by atoms with Crippen LogP contribution in [0.15, 0.2) is 22.8 Å². The minimum Gasteiger partial charge on any atom is -0.356 e. The zero-order chi connectivity index (χ0) is 11.8. The number of aromatic nitrogens is 2. The summed E-state index contributed by atoms with van der Waals surface area (Å²) in [6.45, 7) is 0.813. The lowest BCUT2D eigenvalue weighted by atomic mass is 10.2. The molecule has 3 nitrogen and oxygen atoms in total. The summed E-state index contributed by atoms with van der Waals surface area (Å²) >= 11 is 9.59. The Balaban J connectivity index is 2.10. The first-order valence-corrected chi connectivity index (χ1v) is 6.86. The zero-order valence-electron chi connectivity index (χ0n) is 9.20. The quantitative estimate of drug-likeness (QED) is 0.790. The highest BCUT2D eigenvalue weighted by Crippen LogP contribution is 2.31. The number of hydrogen-bond donors (Lipinski definition) is 0. The summed E-state index contributed by atoms with van der Waals surface area (Å²) in [7, 11) is 0. The third-order valence-electron chi connectivity index (χ3n) is 3.06. The van der Waals surface area contributed by atoms with E-state index in [1.807, 2.05) is 23.0 Å². The maximum absolute atomic E-state index is 6.08. The first kappa shape index (κ1) is 11.5. The Morgan fingerprint density at radius 1 is 1.41 bits per heavy atom. The molecule has 3 rings (SSSR count). The molecular formula is C12H12BrClN2O. The molecule has 5 heteroatoms. The average molecular weight is 316 g/mol. The van der Waals surface area contributed by atoms with Gasteiger partial charge in [0.05, 0.1) is 11.7 Å². The molecule has 1 unspecified atom stereocenters. The summed E-state index contributed by atoms with van der Waals surface area (Å²) in [6, 6.07) is 3.82. The van der Waals surface area contributed by atoms with Gasteiger partial charge in [-0.15, -0.1) is 0 Å². The van der Waals surface area contributed by atoms with Gasteiger partial charge in [0.25, 0.3) is 0 Å². The molecule has 1 aliphatic heterocycles. The summed E-state index contributed by atoms with van der Waals surface area (Å²) in [5.74, 6) is 0. The summed E-state index contributed by atoms with van der Waals surface area (Å²) in [4.78, 5) is 0. The lowest BCUT2D eigenvalue weighted by molar-refractivity contribution is -0.0366.